The van der Waals surface area contributed by atoms with Crippen LogP contribution in [0.4, 0.5) is 5.69 Å². The third-order valence-electron chi connectivity index (χ3n) is 3.16. The van der Waals surface area contributed by atoms with Gasteiger partial charge >= 0.3 is 0 Å². The van der Waals surface area contributed by atoms with E-state index in [1.807, 2.05) is 0 Å². The Morgan fingerprint density at radius 1 is 1.29 bits per heavy atom. The van der Waals surface area contributed by atoms with Gasteiger partial charge in [0.2, 0.25) is 0 Å². The summed E-state index contributed by atoms with van der Waals surface area (Å²) >= 11 is 0. The van der Waals surface area contributed by atoms with E-state index in [9.17, 15) is 0 Å². The fraction of sp³-hybridized carbons (Fsp3) is 0.571. The van der Waals surface area contributed by atoms with Crippen LogP contribution in [0, 0.1) is 6.92 Å². The molecule has 0 spiro atoms. The average Bonchev–Trinajstić information content (AvgIpc) is 2.34. The third-order valence-corrected chi connectivity index (χ3v) is 3.16. The molecule has 0 radical (unpaired) electrons. The molecular formula is C14H21NO2. The van der Waals surface area contributed by atoms with Crippen LogP contribution in [0.25, 0.3) is 0 Å². The molecule has 0 atom stereocenters. The van der Waals surface area contributed by atoms with Gasteiger partial charge in [0.25, 0.3) is 0 Å². The highest BCUT2D eigenvalue weighted by molar-refractivity contribution is 5.60. The zero-order valence-electron chi connectivity index (χ0n) is 10.5. The molecule has 0 bridgehead atoms. The van der Waals surface area contributed by atoms with Crippen molar-refractivity contribution in [1.29, 1.82) is 0 Å². The van der Waals surface area contributed by atoms with Crippen LogP contribution < -0.4 is 9.64 Å². The van der Waals surface area contributed by atoms with E-state index < -0.39 is 0 Å². The number of aliphatic hydroxyl groups excluding tert-OH is 1. The standard InChI is InChI=1S/C14H21NO2/c1-12-5-6-13-14(11-12)17-10-8-15(13)7-3-2-4-9-16/h5-6,11,16H,2-4,7-10H2,1H3. The van der Waals surface area contributed by atoms with Gasteiger partial charge in [-0.3, -0.25) is 0 Å². The Balaban J connectivity index is 1.97. The first-order valence-corrected chi connectivity index (χ1v) is 6.40. The molecule has 1 aliphatic heterocycles. The lowest BCUT2D eigenvalue weighted by Crippen LogP contribution is -2.33. The van der Waals surface area contributed by atoms with Crippen LogP contribution in [0.3, 0.4) is 0 Å². The Bertz CT molecular complexity index is 365. The molecule has 1 heterocycles. The van der Waals surface area contributed by atoms with Gasteiger partial charge < -0.3 is 14.7 Å². The Morgan fingerprint density at radius 2 is 2.18 bits per heavy atom. The SMILES string of the molecule is Cc1ccc2c(c1)OCCN2CCCCCO. The third kappa shape index (κ3) is 3.13. The van der Waals surface area contributed by atoms with Crippen molar-refractivity contribution >= 4 is 5.69 Å². The number of anilines is 1. The molecule has 3 heteroatoms. The molecule has 3 nitrogen and oxygen atoms in total. The van der Waals surface area contributed by atoms with Crippen molar-refractivity contribution in [3.8, 4) is 5.75 Å². The first-order chi connectivity index (χ1) is 8.31. The molecule has 0 amide bonds. The van der Waals surface area contributed by atoms with Crippen molar-refractivity contribution < 1.29 is 9.84 Å². The zero-order chi connectivity index (χ0) is 12.1. The lowest BCUT2D eigenvalue weighted by atomic mass is 10.1. The van der Waals surface area contributed by atoms with Crippen LogP contribution in [0.15, 0.2) is 18.2 Å². The summed E-state index contributed by atoms with van der Waals surface area (Å²) in [5, 5.41) is 8.76. The smallest absolute Gasteiger partial charge is 0.142 e. The number of benzene rings is 1. The molecule has 17 heavy (non-hydrogen) atoms. The molecule has 1 aromatic carbocycles. The Labute approximate surface area is 103 Å². The van der Waals surface area contributed by atoms with Crippen molar-refractivity contribution in [3.63, 3.8) is 0 Å². The molecule has 0 fully saturated rings. The van der Waals surface area contributed by atoms with E-state index in [1.54, 1.807) is 0 Å². The van der Waals surface area contributed by atoms with Gasteiger partial charge in [0.15, 0.2) is 0 Å². The van der Waals surface area contributed by atoms with Gasteiger partial charge in [-0.05, 0) is 43.9 Å². The number of fused-ring (bicyclic) bond motifs is 1. The van der Waals surface area contributed by atoms with Gasteiger partial charge in [0.1, 0.15) is 12.4 Å². The Kier molecular flexibility index (Phi) is 4.26. The molecule has 1 N–H and O–H groups in total. The summed E-state index contributed by atoms with van der Waals surface area (Å²) in [6, 6.07) is 6.39. The summed E-state index contributed by atoms with van der Waals surface area (Å²) in [6.07, 6.45) is 3.13. The number of hydrogen-bond donors (Lipinski definition) is 1. The zero-order valence-corrected chi connectivity index (χ0v) is 10.5. The molecule has 0 saturated heterocycles. The van der Waals surface area contributed by atoms with Crippen molar-refractivity contribution in [3.05, 3.63) is 23.8 Å². The maximum atomic E-state index is 8.76. The number of unbranched alkanes of at least 4 members (excludes halogenated alkanes) is 2. The normalized spacial score (nSPS) is 14.4. The quantitative estimate of drug-likeness (QED) is 0.795. The van der Waals surface area contributed by atoms with Gasteiger partial charge in [-0.15, -0.1) is 0 Å². The van der Waals surface area contributed by atoms with E-state index in [1.165, 1.54) is 11.3 Å². The van der Waals surface area contributed by atoms with E-state index in [2.05, 4.69) is 30.0 Å². The number of ether oxygens (including phenoxy) is 1. The van der Waals surface area contributed by atoms with Crippen LogP contribution in [-0.4, -0.2) is 31.4 Å². The fourth-order valence-electron chi connectivity index (χ4n) is 2.21. The summed E-state index contributed by atoms with van der Waals surface area (Å²) in [7, 11) is 0. The Hall–Kier alpha value is -1.22. The van der Waals surface area contributed by atoms with E-state index in [0.29, 0.717) is 6.61 Å². The summed E-state index contributed by atoms with van der Waals surface area (Å²) < 4.78 is 5.68. The molecule has 0 unspecified atom stereocenters. The minimum Gasteiger partial charge on any atom is -0.490 e. The van der Waals surface area contributed by atoms with Gasteiger partial charge in [-0.1, -0.05) is 6.07 Å². The fourth-order valence-corrected chi connectivity index (χ4v) is 2.21. The predicted molar refractivity (Wildman–Crippen MR) is 69.8 cm³/mol. The maximum absolute atomic E-state index is 8.76. The van der Waals surface area contributed by atoms with Gasteiger partial charge in [0, 0.05) is 13.2 Å². The van der Waals surface area contributed by atoms with Crippen LogP contribution in [0.1, 0.15) is 24.8 Å². The van der Waals surface area contributed by atoms with E-state index in [4.69, 9.17) is 9.84 Å². The second-order valence-electron chi connectivity index (χ2n) is 4.59. The van der Waals surface area contributed by atoms with E-state index >= 15 is 0 Å². The van der Waals surface area contributed by atoms with Gasteiger partial charge in [-0.25, -0.2) is 0 Å². The summed E-state index contributed by atoms with van der Waals surface area (Å²) in [4.78, 5) is 2.38. The number of aryl methyl sites for hydroxylation is 1. The first-order valence-electron chi connectivity index (χ1n) is 6.40. The highest BCUT2D eigenvalue weighted by Crippen LogP contribution is 2.32. The van der Waals surface area contributed by atoms with Crippen LogP contribution in [0.5, 0.6) is 5.75 Å². The van der Waals surface area contributed by atoms with Crippen molar-refractivity contribution in [2.45, 2.75) is 26.2 Å². The molecule has 2 rings (SSSR count). The van der Waals surface area contributed by atoms with Crippen molar-refractivity contribution in [2.24, 2.45) is 0 Å². The van der Waals surface area contributed by atoms with Crippen molar-refractivity contribution in [1.82, 2.24) is 0 Å². The maximum Gasteiger partial charge on any atom is 0.142 e. The molecule has 0 aliphatic carbocycles. The number of aliphatic hydroxyl groups is 1. The predicted octanol–water partition coefficient (Wildman–Crippen LogP) is 2.36. The minimum atomic E-state index is 0.304. The second-order valence-corrected chi connectivity index (χ2v) is 4.59. The van der Waals surface area contributed by atoms with Crippen LogP contribution in [-0.2, 0) is 0 Å². The molecule has 0 saturated carbocycles. The van der Waals surface area contributed by atoms with Crippen molar-refractivity contribution in [2.75, 3.05) is 31.2 Å². The monoisotopic (exact) mass is 235 g/mol. The number of hydrogen-bond acceptors (Lipinski definition) is 3. The van der Waals surface area contributed by atoms with E-state index in [0.717, 1.165) is 44.7 Å². The highest BCUT2D eigenvalue weighted by Gasteiger charge is 2.17. The average molecular weight is 235 g/mol. The lowest BCUT2D eigenvalue weighted by molar-refractivity contribution is 0.281. The van der Waals surface area contributed by atoms with Gasteiger partial charge in [0.05, 0.1) is 12.2 Å². The van der Waals surface area contributed by atoms with Crippen LogP contribution >= 0.6 is 0 Å². The minimum absolute atomic E-state index is 0.304. The first kappa shape index (κ1) is 12.2. The number of nitrogens with zero attached hydrogens (tertiary/aromatic N) is 1. The molecule has 94 valence electrons. The summed E-state index contributed by atoms with van der Waals surface area (Å²) in [6.45, 7) is 5.19. The largest absolute Gasteiger partial charge is 0.490 e. The molecule has 1 aromatic rings. The Morgan fingerprint density at radius 3 is 3.00 bits per heavy atom. The lowest BCUT2D eigenvalue weighted by Gasteiger charge is -2.31. The van der Waals surface area contributed by atoms with Gasteiger partial charge in [-0.2, -0.15) is 0 Å². The topological polar surface area (TPSA) is 32.7 Å². The van der Waals surface area contributed by atoms with Crippen LogP contribution in [0.2, 0.25) is 0 Å². The summed E-state index contributed by atoms with van der Waals surface area (Å²) in [5.74, 6) is 1.01. The molecule has 0 aromatic heterocycles. The molecule has 1 aliphatic rings. The number of rotatable bonds is 5. The summed E-state index contributed by atoms with van der Waals surface area (Å²) in [5.41, 5.74) is 2.46. The molecular weight excluding hydrogens is 214 g/mol. The van der Waals surface area contributed by atoms with E-state index in [-0.39, 0.29) is 0 Å². The second kappa shape index (κ2) is 5.92. The highest BCUT2D eigenvalue weighted by atomic mass is 16.5.